The molecular weight excluding hydrogens is 448 g/mol. The third-order valence-corrected chi connectivity index (χ3v) is 7.34. The fourth-order valence-electron chi connectivity index (χ4n) is 4.81. The van der Waals surface area contributed by atoms with Gasteiger partial charge in [0.2, 0.25) is 0 Å². The van der Waals surface area contributed by atoms with E-state index in [-0.39, 0.29) is 10.7 Å². The first kappa shape index (κ1) is 22.7. The Kier molecular flexibility index (Phi) is 5.37. The predicted octanol–water partition coefficient (Wildman–Crippen LogP) is 5.50. The molecule has 176 valence electrons. The lowest BCUT2D eigenvalue weighted by molar-refractivity contribution is -0.138. The molecular formula is C27H28N2O4S. The van der Waals surface area contributed by atoms with E-state index in [9.17, 15) is 9.59 Å². The van der Waals surface area contributed by atoms with Crippen molar-refractivity contribution in [2.45, 2.75) is 52.7 Å². The zero-order valence-electron chi connectivity index (χ0n) is 20.3. The first-order valence-corrected chi connectivity index (χ1v) is 12.2. The van der Waals surface area contributed by atoms with Crippen LogP contribution in [-0.4, -0.2) is 27.5 Å². The molecule has 0 unspecified atom stereocenters. The SMILES string of the molecule is CC(=O)[C@@H](OC(C)(C)C)c1c(C)cc2c(sc(=O)n2C)c1-c1ccc2c3c(ccnc13)CCO2. The summed E-state index contributed by atoms with van der Waals surface area (Å²) >= 11 is 1.19. The predicted molar refractivity (Wildman–Crippen MR) is 136 cm³/mol. The Labute approximate surface area is 202 Å². The van der Waals surface area contributed by atoms with Gasteiger partial charge in [-0.3, -0.25) is 14.6 Å². The molecule has 0 saturated carbocycles. The van der Waals surface area contributed by atoms with Crippen LogP contribution in [0, 0.1) is 6.92 Å². The maximum Gasteiger partial charge on any atom is 0.307 e. The number of thiazole rings is 1. The Morgan fingerprint density at radius 3 is 2.74 bits per heavy atom. The topological polar surface area (TPSA) is 70.4 Å². The van der Waals surface area contributed by atoms with Gasteiger partial charge in [0, 0.05) is 41.7 Å². The number of benzene rings is 2. The molecule has 1 aliphatic heterocycles. The number of Topliss-reactive ketones (excluding diaryl/α,β-unsaturated/α-hetero) is 1. The van der Waals surface area contributed by atoms with E-state index in [0.717, 1.165) is 55.5 Å². The second-order valence-corrected chi connectivity index (χ2v) is 10.8. The van der Waals surface area contributed by atoms with Crippen LogP contribution in [0.3, 0.4) is 0 Å². The van der Waals surface area contributed by atoms with Gasteiger partial charge in [0.1, 0.15) is 11.9 Å². The normalized spacial score (nSPS) is 14.4. The van der Waals surface area contributed by atoms with Crippen molar-refractivity contribution < 1.29 is 14.3 Å². The molecule has 2 aromatic carbocycles. The van der Waals surface area contributed by atoms with E-state index < -0.39 is 11.7 Å². The summed E-state index contributed by atoms with van der Waals surface area (Å²) in [5.41, 5.74) is 5.70. The van der Waals surface area contributed by atoms with E-state index in [1.165, 1.54) is 16.9 Å². The van der Waals surface area contributed by atoms with Crippen LogP contribution < -0.4 is 9.61 Å². The van der Waals surface area contributed by atoms with Crippen molar-refractivity contribution in [3.8, 4) is 16.9 Å². The fraction of sp³-hybridized carbons (Fsp3) is 0.370. The molecule has 0 spiro atoms. The van der Waals surface area contributed by atoms with Crippen LogP contribution in [-0.2, 0) is 23.0 Å². The number of aromatic nitrogens is 2. The van der Waals surface area contributed by atoms with E-state index in [0.29, 0.717) is 6.61 Å². The maximum atomic E-state index is 13.0. The van der Waals surface area contributed by atoms with Gasteiger partial charge in [-0.1, -0.05) is 11.3 Å². The number of carbonyl (C=O) groups excluding carboxylic acids is 1. The molecule has 4 aromatic rings. The fourth-order valence-corrected chi connectivity index (χ4v) is 5.84. The minimum Gasteiger partial charge on any atom is -0.493 e. The molecule has 0 amide bonds. The highest BCUT2D eigenvalue weighted by molar-refractivity contribution is 7.17. The van der Waals surface area contributed by atoms with Crippen molar-refractivity contribution in [3.63, 3.8) is 0 Å². The summed E-state index contributed by atoms with van der Waals surface area (Å²) in [6.07, 6.45) is 1.86. The van der Waals surface area contributed by atoms with Crippen molar-refractivity contribution in [2.24, 2.45) is 7.05 Å². The van der Waals surface area contributed by atoms with Gasteiger partial charge in [-0.15, -0.1) is 0 Å². The van der Waals surface area contributed by atoms with Crippen LogP contribution >= 0.6 is 11.3 Å². The largest absolute Gasteiger partial charge is 0.493 e. The van der Waals surface area contributed by atoms with Gasteiger partial charge >= 0.3 is 4.87 Å². The number of hydrogen-bond acceptors (Lipinski definition) is 6. The monoisotopic (exact) mass is 476 g/mol. The van der Waals surface area contributed by atoms with Crippen molar-refractivity contribution in [1.82, 2.24) is 9.55 Å². The van der Waals surface area contributed by atoms with Gasteiger partial charge in [0.25, 0.3) is 0 Å². The average Bonchev–Trinajstić information content (AvgIpc) is 3.05. The zero-order valence-corrected chi connectivity index (χ0v) is 21.1. The highest BCUT2D eigenvalue weighted by Crippen LogP contribution is 2.45. The van der Waals surface area contributed by atoms with Crippen LogP contribution in [0.1, 0.15) is 50.5 Å². The lowest BCUT2D eigenvalue weighted by Crippen LogP contribution is -2.27. The molecule has 2 aromatic heterocycles. The molecule has 6 nitrogen and oxygen atoms in total. The standard InChI is InChI=1S/C27H28N2O4S/c1-14-13-18-25(34-26(31)29(18)6)22(20(14)24(15(2)30)33-27(3,4)5)17-7-8-19-21-16(10-12-32-19)9-11-28-23(17)21/h7-9,11,13,24H,10,12H2,1-6H3/t24-/m1/s1. The molecule has 1 atom stereocenters. The van der Waals surface area contributed by atoms with Crippen molar-refractivity contribution in [3.05, 3.63) is 56.8 Å². The number of carbonyl (C=O) groups is 1. The van der Waals surface area contributed by atoms with Gasteiger partial charge in [-0.2, -0.15) is 0 Å². The Morgan fingerprint density at radius 1 is 1.26 bits per heavy atom. The lowest BCUT2D eigenvalue weighted by Gasteiger charge is -2.29. The molecule has 5 rings (SSSR count). The van der Waals surface area contributed by atoms with Crippen LogP contribution in [0.2, 0.25) is 0 Å². The van der Waals surface area contributed by atoms with Crippen LogP contribution in [0.15, 0.2) is 35.3 Å². The number of pyridine rings is 1. The van der Waals surface area contributed by atoms with E-state index in [1.54, 1.807) is 18.5 Å². The van der Waals surface area contributed by atoms with Crippen molar-refractivity contribution in [2.75, 3.05) is 6.61 Å². The number of fused-ring (bicyclic) bond motifs is 1. The number of nitrogens with zero attached hydrogens (tertiary/aromatic N) is 2. The number of ketones is 1. The first-order chi connectivity index (χ1) is 16.1. The smallest absolute Gasteiger partial charge is 0.307 e. The molecule has 3 heterocycles. The quantitative estimate of drug-likeness (QED) is 0.389. The second kappa shape index (κ2) is 8.03. The second-order valence-electron chi connectivity index (χ2n) is 9.88. The summed E-state index contributed by atoms with van der Waals surface area (Å²) in [6.45, 7) is 10.00. The average molecular weight is 477 g/mol. The van der Waals surface area contributed by atoms with Crippen LogP contribution in [0.4, 0.5) is 0 Å². The molecule has 0 radical (unpaired) electrons. The molecule has 34 heavy (non-hydrogen) atoms. The van der Waals surface area contributed by atoms with Gasteiger partial charge in [-0.25, -0.2) is 0 Å². The first-order valence-electron chi connectivity index (χ1n) is 11.4. The molecule has 0 saturated heterocycles. The highest BCUT2D eigenvalue weighted by Gasteiger charge is 2.31. The summed E-state index contributed by atoms with van der Waals surface area (Å²) in [5.74, 6) is 0.731. The summed E-state index contributed by atoms with van der Waals surface area (Å²) < 4.78 is 14.8. The number of hydrogen-bond donors (Lipinski definition) is 0. The van der Waals surface area contributed by atoms with E-state index in [4.69, 9.17) is 14.5 Å². The Hall–Kier alpha value is -3.03. The zero-order chi connectivity index (χ0) is 24.4. The van der Waals surface area contributed by atoms with Crippen LogP contribution in [0.25, 0.3) is 32.2 Å². The van der Waals surface area contributed by atoms with E-state index >= 15 is 0 Å². The molecule has 7 heteroatoms. The third kappa shape index (κ3) is 3.63. The van der Waals surface area contributed by atoms with E-state index in [2.05, 4.69) is 0 Å². The molecule has 0 N–H and O–H groups in total. The van der Waals surface area contributed by atoms with Crippen LogP contribution in [0.5, 0.6) is 5.75 Å². The maximum absolute atomic E-state index is 13.0. The third-order valence-electron chi connectivity index (χ3n) is 6.27. The minimum absolute atomic E-state index is 0.0528. The Morgan fingerprint density at radius 2 is 2.03 bits per heavy atom. The number of ether oxygens (including phenoxy) is 2. The summed E-state index contributed by atoms with van der Waals surface area (Å²) in [7, 11) is 1.78. The van der Waals surface area contributed by atoms with Gasteiger partial charge in [0.15, 0.2) is 5.78 Å². The van der Waals surface area contributed by atoms with Crippen molar-refractivity contribution >= 4 is 38.2 Å². The highest BCUT2D eigenvalue weighted by atomic mass is 32.1. The van der Waals surface area contributed by atoms with Gasteiger partial charge in [-0.05, 0) is 70.0 Å². The van der Waals surface area contributed by atoms with Gasteiger partial charge < -0.3 is 14.0 Å². The molecule has 0 fully saturated rings. The minimum atomic E-state index is -0.774. The summed E-state index contributed by atoms with van der Waals surface area (Å²) in [6, 6.07) is 7.98. The number of aryl methyl sites for hydroxylation is 2. The van der Waals surface area contributed by atoms with E-state index in [1.807, 2.05) is 58.2 Å². The summed E-state index contributed by atoms with van der Waals surface area (Å²) in [5, 5.41) is 0.992. The summed E-state index contributed by atoms with van der Waals surface area (Å²) in [4.78, 5) is 30.4. The Balaban J connectivity index is 1.94. The van der Waals surface area contributed by atoms with Crippen molar-refractivity contribution in [1.29, 1.82) is 0 Å². The molecule has 0 aliphatic carbocycles. The Bertz CT molecular complexity index is 1510. The lowest BCUT2D eigenvalue weighted by atomic mass is 9.88. The molecule has 0 bridgehead atoms. The number of rotatable bonds is 4. The molecule has 1 aliphatic rings. The van der Waals surface area contributed by atoms with Gasteiger partial charge in [0.05, 0.1) is 27.9 Å².